The van der Waals surface area contributed by atoms with Gasteiger partial charge in [-0.05, 0) is 12.1 Å². The lowest BCUT2D eigenvalue weighted by molar-refractivity contribution is 0.0964. The number of hydrogen-bond acceptors (Lipinski definition) is 3. The van der Waals surface area contributed by atoms with Crippen LogP contribution in [0.2, 0.25) is 0 Å². The quantitative estimate of drug-likeness (QED) is 0.653. The van der Waals surface area contributed by atoms with Gasteiger partial charge in [0.15, 0.2) is 0 Å². The van der Waals surface area contributed by atoms with E-state index in [0.29, 0.717) is 22.1 Å². The maximum atomic E-state index is 11.9. The average molecular weight is 242 g/mol. The minimum absolute atomic E-state index is 0.233. The molecule has 6 heteroatoms. The fraction of sp³-hybridized carbons (Fsp3) is 0.0833. The molecule has 0 saturated carbocycles. The highest BCUT2D eigenvalue weighted by molar-refractivity contribution is 6.00. The predicted molar refractivity (Wildman–Crippen MR) is 66.7 cm³/mol. The molecule has 3 rings (SSSR count). The number of rotatable bonds is 1. The molecule has 2 aromatic heterocycles. The van der Waals surface area contributed by atoms with Crippen molar-refractivity contribution in [3.8, 4) is 0 Å². The molecule has 0 unspecified atom stereocenters. The summed E-state index contributed by atoms with van der Waals surface area (Å²) in [5.41, 5.74) is 1.19. The number of fused-ring (bicyclic) bond motifs is 3. The molecule has 6 nitrogen and oxygen atoms in total. The van der Waals surface area contributed by atoms with Crippen LogP contribution in [0, 0.1) is 0 Å². The molecule has 1 aromatic carbocycles. The summed E-state index contributed by atoms with van der Waals surface area (Å²) in [5.74, 6) is -0.282. The fourth-order valence-electron chi connectivity index (χ4n) is 1.98. The van der Waals surface area contributed by atoms with Crippen molar-refractivity contribution in [1.29, 1.82) is 0 Å². The molecule has 0 atom stereocenters. The molecule has 18 heavy (non-hydrogen) atoms. The minimum atomic E-state index is -0.282. The fourth-order valence-corrected chi connectivity index (χ4v) is 1.98. The van der Waals surface area contributed by atoms with Crippen LogP contribution < -0.4 is 10.9 Å². The van der Waals surface area contributed by atoms with E-state index in [-0.39, 0.29) is 11.5 Å². The van der Waals surface area contributed by atoms with Gasteiger partial charge in [-0.2, -0.15) is 5.10 Å². The van der Waals surface area contributed by atoms with Gasteiger partial charge in [-0.25, -0.2) is 4.52 Å². The topological polar surface area (TPSA) is 79.3 Å². The Balaban J connectivity index is 2.49. The maximum Gasteiger partial charge on any atom is 0.259 e. The number of nitrogens with zero attached hydrogens (tertiary/aromatic N) is 2. The molecular weight excluding hydrogens is 232 g/mol. The van der Waals surface area contributed by atoms with E-state index < -0.39 is 0 Å². The van der Waals surface area contributed by atoms with Crippen LogP contribution in [0.3, 0.4) is 0 Å². The second-order valence-electron chi connectivity index (χ2n) is 3.87. The summed E-state index contributed by atoms with van der Waals surface area (Å²) in [6, 6.07) is 7.11. The van der Waals surface area contributed by atoms with Gasteiger partial charge in [0, 0.05) is 7.05 Å². The molecule has 3 aromatic rings. The normalized spacial score (nSPS) is 10.9. The lowest BCUT2D eigenvalue weighted by Gasteiger charge is -2.01. The van der Waals surface area contributed by atoms with Crippen molar-refractivity contribution in [3.63, 3.8) is 0 Å². The van der Waals surface area contributed by atoms with Crippen LogP contribution in [-0.4, -0.2) is 27.6 Å². The summed E-state index contributed by atoms with van der Waals surface area (Å²) in [7, 11) is 1.53. The molecule has 0 aliphatic rings. The molecule has 0 aliphatic carbocycles. The van der Waals surface area contributed by atoms with Crippen molar-refractivity contribution >= 4 is 22.5 Å². The molecule has 2 heterocycles. The number of benzene rings is 1. The number of nitrogens with one attached hydrogen (secondary N) is 2. The first-order chi connectivity index (χ1) is 8.72. The first kappa shape index (κ1) is 10.5. The van der Waals surface area contributed by atoms with Gasteiger partial charge in [-0.15, -0.1) is 0 Å². The SMILES string of the molecule is CNC(=O)c1cnn2c1[nH]c(=O)c1ccccc12. The molecule has 0 radical (unpaired) electrons. The molecule has 90 valence electrons. The second kappa shape index (κ2) is 3.69. The summed E-state index contributed by atoms with van der Waals surface area (Å²) in [5, 5.41) is 7.19. The number of aromatic nitrogens is 3. The van der Waals surface area contributed by atoms with Gasteiger partial charge in [-0.1, -0.05) is 12.1 Å². The standard InChI is InChI=1S/C12H10N4O2/c1-13-11(17)8-6-14-16-9-5-3-2-4-7(9)12(18)15-10(8)16/h2-6H,1H3,(H,13,17)(H,15,18). The van der Waals surface area contributed by atoms with Crippen LogP contribution >= 0.6 is 0 Å². The molecule has 1 amide bonds. The van der Waals surface area contributed by atoms with Gasteiger partial charge < -0.3 is 10.3 Å². The zero-order valence-electron chi connectivity index (χ0n) is 9.60. The molecular formula is C12H10N4O2. The number of hydrogen-bond donors (Lipinski definition) is 2. The van der Waals surface area contributed by atoms with Gasteiger partial charge in [0.2, 0.25) is 0 Å². The highest BCUT2D eigenvalue weighted by atomic mass is 16.1. The van der Waals surface area contributed by atoms with Crippen molar-refractivity contribution < 1.29 is 4.79 Å². The third kappa shape index (κ3) is 1.32. The van der Waals surface area contributed by atoms with E-state index in [0.717, 1.165) is 0 Å². The molecule has 0 fully saturated rings. The van der Waals surface area contributed by atoms with Crippen LogP contribution in [0.15, 0.2) is 35.3 Å². The van der Waals surface area contributed by atoms with Gasteiger partial charge >= 0.3 is 0 Å². The van der Waals surface area contributed by atoms with Crippen molar-refractivity contribution in [2.75, 3.05) is 7.05 Å². The van der Waals surface area contributed by atoms with E-state index in [1.165, 1.54) is 13.2 Å². The molecule has 0 spiro atoms. The van der Waals surface area contributed by atoms with Crippen LogP contribution in [0.25, 0.3) is 16.6 Å². The Hall–Kier alpha value is -2.63. The van der Waals surface area contributed by atoms with Crippen molar-refractivity contribution in [2.45, 2.75) is 0 Å². The number of carbonyl (C=O) groups is 1. The monoisotopic (exact) mass is 242 g/mol. The maximum absolute atomic E-state index is 11.9. The molecule has 0 aliphatic heterocycles. The van der Waals surface area contributed by atoms with E-state index in [9.17, 15) is 9.59 Å². The van der Waals surface area contributed by atoms with Crippen LogP contribution in [0.4, 0.5) is 0 Å². The van der Waals surface area contributed by atoms with E-state index in [2.05, 4.69) is 15.4 Å². The van der Waals surface area contributed by atoms with Crippen molar-refractivity contribution in [2.24, 2.45) is 0 Å². The molecule has 0 bridgehead atoms. The number of H-pyrrole nitrogens is 1. The summed E-state index contributed by atoms with van der Waals surface area (Å²) >= 11 is 0. The third-order valence-electron chi connectivity index (χ3n) is 2.85. The molecule has 2 N–H and O–H groups in total. The first-order valence-corrected chi connectivity index (χ1v) is 5.43. The second-order valence-corrected chi connectivity index (χ2v) is 3.87. The van der Waals surface area contributed by atoms with E-state index >= 15 is 0 Å². The average Bonchev–Trinajstić information content (AvgIpc) is 2.82. The Morgan fingerprint density at radius 2 is 2.17 bits per heavy atom. The van der Waals surface area contributed by atoms with Gasteiger partial charge in [0.1, 0.15) is 11.2 Å². The van der Waals surface area contributed by atoms with Crippen LogP contribution in [0.5, 0.6) is 0 Å². The Morgan fingerprint density at radius 1 is 1.39 bits per heavy atom. The van der Waals surface area contributed by atoms with E-state index in [1.54, 1.807) is 22.7 Å². The summed E-state index contributed by atoms with van der Waals surface area (Å²) in [4.78, 5) is 26.3. The van der Waals surface area contributed by atoms with Crippen molar-refractivity contribution in [1.82, 2.24) is 19.9 Å². The number of carbonyl (C=O) groups excluding carboxylic acids is 1. The zero-order valence-corrected chi connectivity index (χ0v) is 9.60. The predicted octanol–water partition coefficient (Wildman–Crippen LogP) is 0.535. The van der Waals surface area contributed by atoms with Gasteiger partial charge in [0.05, 0.1) is 17.1 Å². The summed E-state index contributed by atoms with van der Waals surface area (Å²) < 4.78 is 1.56. The van der Waals surface area contributed by atoms with Crippen LogP contribution in [0.1, 0.15) is 10.4 Å². The Labute approximate surface area is 101 Å². The lowest BCUT2D eigenvalue weighted by atomic mass is 10.2. The Morgan fingerprint density at radius 3 is 2.94 bits per heavy atom. The summed E-state index contributed by atoms with van der Waals surface area (Å²) in [6.07, 6.45) is 1.44. The third-order valence-corrected chi connectivity index (χ3v) is 2.85. The number of amides is 1. The highest BCUT2D eigenvalue weighted by Crippen LogP contribution is 2.13. The minimum Gasteiger partial charge on any atom is -0.355 e. The lowest BCUT2D eigenvalue weighted by Crippen LogP contribution is -2.19. The van der Waals surface area contributed by atoms with Crippen LogP contribution in [-0.2, 0) is 0 Å². The zero-order chi connectivity index (χ0) is 12.7. The van der Waals surface area contributed by atoms with E-state index in [1.807, 2.05) is 6.07 Å². The Bertz CT molecular complexity index is 816. The summed E-state index contributed by atoms with van der Waals surface area (Å²) in [6.45, 7) is 0. The van der Waals surface area contributed by atoms with Gasteiger partial charge in [0.25, 0.3) is 11.5 Å². The molecule has 0 saturated heterocycles. The smallest absolute Gasteiger partial charge is 0.259 e. The highest BCUT2D eigenvalue weighted by Gasteiger charge is 2.14. The number of aromatic amines is 1. The van der Waals surface area contributed by atoms with Crippen molar-refractivity contribution in [3.05, 3.63) is 46.4 Å². The largest absolute Gasteiger partial charge is 0.355 e. The van der Waals surface area contributed by atoms with Gasteiger partial charge in [-0.3, -0.25) is 9.59 Å². The Kier molecular flexibility index (Phi) is 2.16. The first-order valence-electron chi connectivity index (χ1n) is 5.43. The number of para-hydroxylation sites is 1. The van der Waals surface area contributed by atoms with E-state index in [4.69, 9.17) is 0 Å².